The van der Waals surface area contributed by atoms with E-state index in [9.17, 15) is 20.1 Å². The van der Waals surface area contributed by atoms with E-state index >= 15 is 0 Å². The lowest BCUT2D eigenvalue weighted by Gasteiger charge is -2.64. The molecule has 0 aromatic rings. The Bertz CT molecular complexity index is 939. The largest absolute Gasteiger partial charge is 0.456 e. The Morgan fingerprint density at radius 2 is 1.71 bits per heavy atom. The second-order valence-electron chi connectivity index (χ2n) is 14.5. The number of carbonyl (C=O) groups is 1. The number of allylic oxidation sites excluding steroid dienone is 1. The maximum absolute atomic E-state index is 13.9. The molecule has 3 N–H and O–H groups in total. The van der Waals surface area contributed by atoms with Crippen LogP contribution in [-0.4, -0.2) is 44.7 Å². The molecule has 0 unspecified atom stereocenters. The molecule has 4 fully saturated rings. The molecule has 9 atom stereocenters. The van der Waals surface area contributed by atoms with Crippen molar-refractivity contribution in [1.82, 2.24) is 0 Å². The summed E-state index contributed by atoms with van der Waals surface area (Å²) in [6, 6.07) is 0. The summed E-state index contributed by atoms with van der Waals surface area (Å²) < 4.78 is 6.14. The van der Waals surface area contributed by atoms with Gasteiger partial charge < -0.3 is 20.1 Å². The zero-order valence-corrected chi connectivity index (χ0v) is 23.0. The Hall–Kier alpha value is -0.910. The number of cyclic esters (lactones) is 1. The molecule has 198 valence electrons. The van der Waals surface area contributed by atoms with Gasteiger partial charge in [-0.3, -0.25) is 4.79 Å². The highest BCUT2D eigenvalue weighted by Gasteiger charge is 2.85. The lowest BCUT2D eigenvalue weighted by atomic mass is 9.40. The molecular weight excluding hydrogens is 440 g/mol. The fourth-order valence-electron chi connectivity index (χ4n) is 10.2. The van der Waals surface area contributed by atoms with Gasteiger partial charge >= 0.3 is 5.97 Å². The Labute approximate surface area is 211 Å². The van der Waals surface area contributed by atoms with Crippen molar-refractivity contribution in [3.63, 3.8) is 0 Å². The lowest BCUT2D eigenvalue weighted by Crippen LogP contribution is -2.68. The summed E-state index contributed by atoms with van der Waals surface area (Å²) in [4.78, 5) is 13.9. The van der Waals surface area contributed by atoms with Crippen LogP contribution in [0.15, 0.2) is 11.6 Å². The van der Waals surface area contributed by atoms with Crippen molar-refractivity contribution in [2.45, 2.75) is 130 Å². The minimum Gasteiger partial charge on any atom is -0.456 e. The molecule has 35 heavy (non-hydrogen) atoms. The molecule has 1 heterocycles. The molecule has 5 aliphatic rings. The molecule has 0 radical (unpaired) electrons. The van der Waals surface area contributed by atoms with Crippen LogP contribution >= 0.6 is 0 Å². The van der Waals surface area contributed by atoms with Crippen LogP contribution in [0.4, 0.5) is 0 Å². The number of hydrogen-bond acceptors (Lipinski definition) is 5. The first kappa shape index (κ1) is 25.7. The number of ether oxygens (including phenoxy) is 1. The maximum Gasteiger partial charge on any atom is 0.319 e. The summed E-state index contributed by atoms with van der Waals surface area (Å²) >= 11 is 0. The first-order valence-corrected chi connectivity index (χ1v) is 14.2. The van der Waals surface area contributed by atoms with Crippen molar-refractivity contribution in [2.75, 3.05) is 0 Å². The van der Waals surface area contributed by atoms with Crippen molar-refractivity contribution >= 4 is 5.97 Å². The minimum atomic E-state index is -1.38. The van der Waals surface area contributed by atoms with Crippen LogP contribution in [0, 0.1) is 39.4 Å². The smallest absolute Gasteiger partial charge is 0.319 e. The lowest BCUT2D eigenvalue weighted by molar-refractivity contribution is -0.188. The standard InChI is InChI=1S/C30H48O5/c1-18(2)9-8-13-28(7)29(34)16-15-27(6)19-10-11-21-25(3,4)22(31)12-14-26(21,5)20(19)17-23(32)30(27,29)24(33)35-28/h17-19,21-23,31-32,34H,8-16H2,1-7H3/t19-,21+,22+,23-,26-,27+,28+,29+,30-/m1/s1. The third-order valence-electron chi connectivity index (χ3n) is 12.3. The Morgan fingerprint density at radius 3 is 2.37 bits per heavy atom. The van der Waals surface area contributed by atoms with E-state index in [1.165, 1.54) is 5.57 Å². The van der Waals surface area contributed by atoms with Crippen molar-refractivity contribution < 1.29 is 24.9 Å². The van der Waals surface area contributed by atoms with Gasteiger partial charge in [0.15, 0.2) is 0 Å². The van der Waals surface area contributed by atoms with E-state index < -0.39 is 34.1 Å². The highest BCUT2D eigenvalue weighted by atomic mass is 16.6. The first-order valence-electron chi connectivity index (χ1n) is 14.2. The van der Waals surface area contributed by atoms with Crippen molar-refractivity contribution in [1.29, 1.82) is 0 Å². The number of esters is 1. The zero-order chi connectivity index (χ0) is 25.8. The summed E-state index contributed by atoms with van der Waals surface area (Å²) in [5.41, 5.74) is -3.32. The van der Waals surface area contributed by atoms with Crippen molar-refractivity contribution in [3.05, 3.63) is 11.6 Å². The number of fused-ring (bicyclic) bond motifs is 4. The summed E-state index contributed by atoms with van der Waals surface area (Å²) in [5, 5.41) is 35.2. The van der Waals surface area contributed by atoms with E-state index in [2.05, 4.69) is 41.5 Å². The van der Waals surface area contributed by atoms with Gasteiger partial charge in [0, 0.05) is 0 Å². The topological polar surface area (TPSA) is 87.0 Å². The van der Waals surface area contributed by atoms with Gasteiger partial charge in [0.2, 0.25) is 0 Å². The van der Waals surface area contributed by atoms with Crippen LogP contribution in [0.5, 0.6) is 0 Å². The van der Waals surface area contributed by atoms with E-state index in [0.717, 1.165) is 38.5 Å². The van der Waals surface area contributed by atoms with E-state index in [1.807, 2.05) is 13.0 Å². The number of rotatable bonds is 4. The molecule has 1 aliphatic heterocycles. The van der Waals surface area contributed by atoms with Gasteiger partial charge in [-0.2, -0.15) is 0 Å². The highest BCUT2D eigenvalue weighted by molar-refractivity contribution is 5.86. The Morgan fingerprint density at radius 1 is 1.03 bits per heavy atom. The van der Waals surface area contributed by atoms with Crippen LogP contribution < -0.4 is 0 Å². The summed E-state index contributed by atoms with van der Waals surface area (Å²) in [6.07, 6.45) is 7.83. The number of aliphatic hydroxyl groups excluding tert-OH is 2. The van der Waals surface area contributed by atoms with Crippen LogP contribution in [-0.2, 0) is 9.53 Å². The SMILES string of the molecule is CC(C)CCC[C@]1(C)OC(=O)[C@]23[C@H](O)C=C4[C@@H](CC[C@H]5C(C)(C)[C@@H](O)CC[C@]45C)[C@]2(C)CC[C@@]31O. The van der Waals surface area contributed by atoms with Crippen LogP contribution in [0.1, 0.15) is 106 Å². The van der Waals surface area contributed by atoms with Gasteiger partial charge in [0.1, 0.15) is 16.6 Å². The molecule has 4 aliphatic carbocycles. The van der Waals surface area contributed by atoms with Crippen LogP contribution in [0.2, 0.25) is 0 Å². The first-order chi connectivity index (χ1) is 16.1. The number of hydrogen-bond donors (Lipinski definition) is 3. The van der Waals surface area contributed by atoms with Gasteiger partial charge in [-0.1, -0.05) is 59.6 Å². The van der Waals surface area contributed by atoms with Crippen LogP contribution in [0.3, 0.4) is 0 Å². The third-order valence-corrected chi connectivity index (χ3v) is 12.3. The van der Waals surface area contributed by atoms with Gasteiger partial charge in [0.25, 0.3) is 0 Å². The molecule has 3 saturated carbocycles. The number of carbonyl (C=O) groups excluding carboxylic acids is 1. The van der Waals surface area contributed by atoms with E-state index in [-0.39, 0.29) is 22.9 Å². The molecule has 1 spiro atoms. The predicted molar refractivity (Wildman–Crippen MR) is 135 cm³/mol. The highest BCUT2D eigenvalue weighted by Crippen LogP contribution is 2.77. The molecule has 5 nitrogen and oxygen atoms in total. The summed E-state index contributed by atoms with van der Waals surface area (Å²) in [5.74, 6) is 0.593. The van der Waals surface area contributed by atoms with E-state index in [0.29, 0.717) is 31.1 Å². The molecule has 0 bridgehead atoms. The molecular formula is C30H48O5. The second kappa shape index (κ2) is 7.57. The molecule has 5 heteroatoms. The predicted octanol–water partition coefficient (Wildman–Crippen LogP) is 5.16. The van der Waals surface area contributed by atoms with Crippen molar-refractivity contribution in [2.24, 2.45) is 39.4 Å². The Kier molecular flexibility index (Phi) is 5.56. The quantitative estimate of drug-likeness (QED) is 0.376. The normalized spacial score (nSPS) is 52.3. The van der Waals surface area contributed by atoms with Gasteiger partial charge in [-0.05, 0) is 92.3 Å². The Balaban J connectivity index is 1.59. The molecule has 0 aromatic heterocycles. The molecule has 5 rings (SSSR count). The van der Waals surface area contributed by atoms with Gasteiger partial charge in [-0.25, -0.2) is 0 Å². The van der Waals surface area contributed by atoms with E-state index in [1.54, 1.807) is 0 Å². The second-order valence-corrected chi connectivity index (χ2v) is 14.5. The van der Waals surface area contributed by atoms with Crippen LogP contribution in [0.25, 0.3) is 0 Å². The fraction of sp³-hybridized carbons (Fsp3) is 0.900. The third kappa shape index (κ3) is 2.84. The molecule has 1 saturated heterocycles. The number of aliphatic hydroxyl groups is 3. The minimum absolute atomic E-state index is 0.123. The van der Waals surface area contributed by atoms with Gasteiger partial charge in [0.05, 0.1) is 12.2 Å². The summed E-state index contributed by atoms with van der Waals surface area (Å²) in [7, 11) is 0. The van der Waals surface area contributed by atoms with E-state index in [4.69, 9.17) is 4.74 Å². The summed E-state index contributed by atoms with van der Waals surface area (Å²) in [6.45, 7) is 15.1. The molecule has 0 aromatic carbocycles. The molecule has 0 amide bonds. The zero-order valence-electron chi connectivity index (χ0n) is 23.0. The maximum atomic E-state index is 13.9. The average molecular weight is 489 g/mol. The fourth-order valence-corrected chi connectivity index (χ4v) is 10.2. The monoisotopic (exact) mass is 488 g/mol. The average Bonchev–Trinajstić information content (AvgIpc) is 3.11. The van der Waals surface area contributed by atoms with Crippen molar-refractivity contribution in [3.8, 4) is 0 Å². The van der Waals surface area contributed by atoms with Gasteiger partial charge in [-0.15, -0.1) is 0 Å².